The van der Waals surface area contributed by atoms with Crippen LogP contribution in [0.15, 0.2) is 42.5 Å². The molecule has 2 heterocycles. The number of aromatic nitrogens is 5. The second-order valence-electron chi connectivity index (χ2n) is 6.65. The van der Waals surface area contributed by atoms with Crippen molar-refractivity contribution in [3.8, 4) is 22.0 Å². The first-order valence-corrected chi connectivity index (χ1v) is 10.3. The first-order valence-electron chi connectivity index (χ1n) is 9.53. The summed E-state index contributed by atoms with van der Waals surface area (Å²) >= 11 is 1.25. The van der Waals surface area contributed by atoms with Gasteiger partial charge in [-0.15, -0.1) is 16.4 Å². The summed E-state index contributed by atoms with van der Waals surface area (Å²) in [5.41, 5.74) is 2.01. The zero-order valence-corrected chi connectivity index (χ0v) is 17.9. The quantitative estimate of drug-likeness (QED) is 0.485. The van der Waals surface area contributed by atoms with Crippen molar-refractivity contribution in [2.24, 2.45) is 0 Å². The van der Waals surface area contributed by atoms with E-state index in [0.29, 0.717) is 33.7 Å². The van der Waals surface area contributed by atoms with Gasteiger partial charge < -0.3 is 10.1 Å². The van der Waals surface area contributed by atoms with E-state index in [1.54, 1.807) is 13.8 Å². The van der Waals surface area contributed by atoms with Gasteiger partial charge in [-0.2, -0.15) is 4.68 Å². The Kier molecular flexibility index (Phi) is 5.72. The first-order chi connectivity index (χ1) is 15.0. The summed E-state index contributed by atoms with van der Waals surface area (Å²) in [5.74, 6) is 0.321. The highest BCUT2D eigenvalue weighted by Gasteiger charge is 2.18. The number of hydrogen-bond donors (Lipinski definition) is 1. The van der Waals surface area contributed by atoms with Gasteiger partial charge in [0, 0.05) is 5.56 Å². The van der Waals surface area contributed by atoms with Crippen molar-refractivity contribution >= 4 is 22.9 Å². The number of ether oxygens (including phenoxy) is 1. The molecule has 2 aromatic heterocycles. The van der Waals surface area contributed by atoms with Crippen LogP contribution < -0.4 is 10.1 Å². The van der Waals surface area contributed by atoms with Crippen molar-refractivity contribution in [2.75, 3.05) is 11.9 Å². The number of carbonyl (C=O) groups is 1. The summed E-state index contributed by atoms with van der Waals surface area (Å²) in [6.07, 6.45) is 0. The minimum absolute atomic E-state index is 0.0350. The molecule has 31 heavy (non-hydrogen) atoms. The molecule has 1 amide bonds. The minimum Gasteiger partial charge on any atom is -0.494 e. The SMILES string of the molecule is CCOc1ccc(-c2nc(C)c(C(=O)Nc3cc(-n4nnnc4C)ccc3F)s2)cc1. The van der Waals surface area contributed by atoms with Crippen LogP contribution in [0.5, 0.6) is 5.75 Å². The fourth-order valence-electron chi connectivity index (χ4n) is 2.98. The molecule has 0 bridgehead atoms. The average Bonchev–Trinajstić information content (AvgIpc) is 3.36. The van der Waals surface area contributed by atoms with Crippen molar-refractivity contribution in [2.45, 2.75) is 20.8 Å². The predicted molar refractivity (Wildman–Crippen MR) is 115 cm³/mol. The zero-order valence-electron chi connectivity index (χ0n) is 17.1. The van der Waals surface area contributed by atoms with E-state index in [9.17, 15) is 9.18 Å². The normalized spacial score (nSPS) is 10.8. The lowest BCUT2D eigenvalue weighted by molar-refractivity contribution is 0.102. The van der Waals surface area contributed by atoms with E-state index in [1.165, 1.54) is 34.2 Å². The molecule has 1 N–H and O–H groups in total. The number of tetrazole rings is 1. The first kappa shape index (κ1) is 20.6. The summed E-state index contributed by atoms with van der Waals surface area (Å²) in [6, 6.07) is 11.8. The van der Waals surface area contributed by atoms with Crippen molar-refractivity contribution in [3.63, 3.8) is 0 Å². The maximum atomic E-state index is 14.4. The van der Waals surface area contributed by atoms with Crippen molar-refractivity contribution in [1.82, 2.24) is 25.2 Å². The van der Waals surface area contributed by atoms with E-state index < -0.39 is 11.7 Å². The fraction of sp³-hybridized carbons (Fsp3) is 0.190. The molecule has 0 atom stereocenters. The summed E-state index contributed by atoms with van der Waals surface area (Å²) in [6.45, 7) is 5.99. The predicted octanol–water partition coefficient (Wildman–Crippen LogP) is 4.19. The van der Waals surface area contributed by atoms with Crippen LogP contribution in [-0.4, -0.2) is 37.7 Å². The van der Waals surface area contributed by atoms with Gasteiger partial charge in [-0.05, 0) is 73.7 Å². The summed E-state index contributed by atoms with van der Waals surface area (Å²) in [4.78, 5) is 17.8. The van der Waals surface area contributed by atoms with Gasteiger partial charge >= 0.3 is 0 Å². The Morgan fingerprint density at radius 2 is 1.97 bits per heavy atom. The molecule has 0 saturated carbocycles. The third kappa shape index (κ3) is 4.29. The van der Waals surface area contributed by atoms with E-state index in [2.05, 4.69) is 25.8 Å². The van der Waals surface area contributed by atoms with Gasteiger partial charge in [-0.1, -0.05) is 0 Å². The van der Waals surface area contributed by atoms with E-state index in [0.717, 1.165) is 11.3 Å². The lowest BCUT2D eigenvalue weighted by Crippen LogP contribution is -2.13. The monoisotopic (exact) mass is 438 g/mol. The lowest BCUT2D eigenvalue weighted by atomic mass is 10.2. The molecule has 0 unspecified atom stereocenters. The molecule has 158 valence electrons. The third-order valence-electron chi connectivity index (χ3n) is 4.48. The van der Waals surface area contributed by atoms with Gasteiger partial charge in [0.25, 0.3) is 5.91 Å². The Labute approximate surface area is 181 Å². The number of hydrogen-bond acceptors (Lipinski definition) is 7. The maximum absolute atomic E-state index is 14.4. The number of halogens is 1. The largest absolute Gasteiger partial charge is 0.494 e. The molecule has 0 saturated heterocycles. The highest BCUT2D eigenvalue weighted by Crippen LogP contribution is 2.30. The number of nitrogens with zero attached hydrogens (tertiary/aromatic N) is 5. The molecule has 0 aliphatic heterocycles. The molecule has 0 radical (unpaired) electrons. The van der Waals surface area contributed by atoms with Gasteiger partial charge in [-0.3, -0.25) is 4.79 Å². The van der Waals surface area contributed by atoms with Crippen LogP contribution >= 0.6 is 11.3 Å². The third-order valence-corrected chi connectivity index (χ3v) is 5.69. The molecule has 0 aliphatic rings. The lowest BCUT2D eigenvalue weighted by Gasteiger charge is -2.08. The molecule has 4 aromatic rings. The number of thiazole rings is 1. The van der Waals surface area contributed by atoms with Crippen LogP contribution in [0.1, 0.15) is 28.1 Å². The molecule has 2 aromatic carbocycles. The number of benzene rings is 2. The van der Waals surface area contributed by atoms with Crippen LogP contribution in [0, 0.1) is 19.7 Å². The average molecular weight is 438 g/mol. The number of carbonyl (C=O) groups excluding carboxylic acids is 1. The number of nitrogens with one attached hydrogen (secondary N) is 1. The van der Waals surface area contributed by atoms with E-state index in [-0.39, 0.29) is 5.69 Å². The zero-order chi connectivity index (χ0) is 22.0. The second kappa shape index (κ2) is 8.60. The van der Waals surface area contributed by atoms with Crippen LogP contribution in [0.3, 0.4) is 0 Å². The van der Waals surface area contributed by atoms with E-state index in [4.69, 9.17) is 4.74 Å². The van der Waals surface area contributed by atoms with Crippen molar-refractivity contribution in [1.29, 1.82) is 0 Å². The smallest absolute Gasteiger partial charge is 0.267 e. The van der Waals surface area contributed by atoms with Crippen molar-refractivity contribution in [3.05, 3.63) is 64.7 Å². The van der Waals surface area contributed by atoms with Crippen LogP contribution in [0.4, 0.5) is 10.1 Å². The molecule has 0 spiro atoms. The second-order valence-corrected chi connectivity index (χ2v) is 7.65. The van der Waals surface area contributed by atoms with E-state index in [1.807, 2.05) is 31.2 Å². The standard InChI is InChI=1S/C21H19FN6O2S/c1-4-30-16-8-5-14(6-9-16)21-23-12(2)19(31-21)20(29)24-18-11-15(7-10-17(18)22)28-13(3)25-26-27-28/h5-11H,4H2,1-3H3,(H,24,29). The Morgan fingerprint density at radius 3 is 2.65 bits per heavy atom. The molecule has 0 aliphatic carbocycles. The Hall–Kier alpha value is -3.66. The van der Waals surface area contributed by atoms with Gasteiger partial charge in [0.1, 0.15) is 21.5 Å². The van der Waals surface area contributed by atoms with Crippen LogP contribution in [0.2, 0.25) is 0 Å². The highest BCUT2D eigenvalue weighted by atomic mass is 32.1. The number of anilines is 1. The Balaban J connectivity index is 1.57. The molecule has 10 heteroatoms. The molecule has 0 fully saturated rings. The molecular formula is C21H19FN6O2S. The van der Waals surface area contributed by atoms with E-state index >= 15 is 0 Å². The topological polar surface area (TPSA) is 94.8 Å². The van der Waals surface area contributed by atoms with Gasteiger partial charge in [0.15, 0.2) is 5.82 Å². The maximum Gasteiger partial charge on any atom is 0.267 e. The summed E-state index contributed by atoms with van der Waals surface area (Å²) < 4.78 is 21.3. The minimum atomic E-state index is -0.559. The highest BCUT2D eigenvalue weighted by molar-refractivity contribution is 7.17. The van der Waals surface area contributed by atoms with Crippen LogP contribution in [0.25, 0.3) is 16.3 Å². The number of aryl methyl sites for hydroxylation is 2. The van der Waals surface area contributed by atoms with Crippen molar-refractivity contribution < 1.29 is 13.9 Å². The van der Waals surface area contributed by atoms with Crippen LogP contribution in [-0.2, 0) is 0 Å². The fourth-order valence-corrected chi connectivity index (χ4v) is 3.95. The summed E-state index contributed by atoms with van der Waals surface area (Å²) in [7, 11) is 0. The molecular weight excluding hydrogens is 419 g/mol. The van der Waals surface area contributed by atoms with Gasteiger partial charge in [0.2, 0.25) is 0 Å². The Morgan fingerprint density at radius 1 is 1.19 bits per heavy atom. The summed E-state index contributed by atoms with van der Waals surface area (Å²) in [5, 5.41) is 14.6. The van der Waals surface area contributed by atoms with Gasteiger partial charge in [0.05, 0.1) is 23.7 Å². The van der Waals surface area contributed by atoms with Gasteiger partial charge in [-0.25, -0.2) is 9.37 Å². The molecule has 4 rings (SSSR count). The Bertz CT molecular complexity index is 1240. The number of amides is 1. The number of rotatable bonds is 6. The molecule has 8 nitrogen and oxygen atoms in total.